The highest BCUT2D eigenvalue weighted by Crippen LogP contribution is 2.21. The summed E-state index contributed by atoms with van der Waals surface area (Å²) in [6.45, 7) is 4.10. The number of rotatable bonds is 3. The Morgan fingerprint density at radius 2 is 2.12 bits per heavy atom. The number of carbonyl (C=O) groups excluding carboxylic acids is 1. The van der Waals surface area contributed by atoms with Crippen LogP contribution in [-0.2, 0) is 0 Å². The summed E-state index contributed by atoms with van der Waals surface area (Å²) in [5, 5.41) is 3.36. The molecule has 0 aliphatic carbocycles. The molecule has 0 aliphatic heterocycles. The molecule has 0 aromatic heterocycles. The maximum atomic E-state index is 11.9. The van der Waals surface area contributed by atoms with Crippen molar-refractivity contribution in [2.45, 2.75) is 19.4 Å². The molecule has 6 heteroatoms. The van der Waals surface area contributed by atoms with Gasteiger partial charge >= 0.3 is 0 Å². The van der Waals surface area contributed by atoms with Crippen LogP contribution in [0.15, 0.2) is 22.7 Å². The van der Waals surface area contributed by atoms with Crippen molar-refractivity contribution < 1.29 is 4.79 Å². The van der Waals surface area contributed by atoms with Gasteiger partial charge in [0, 0.05) is 21.6 Å². The number of nitrogens with two attached hydrogens (primary N) is 1. The Bertz CT molecular complexity index is 410. The van der Waals surface area contributed by atoms with Crippen LogP contribution in [0.5, 0.6) is 0 Å². The standard InChI is InChI=1S/C11H14BrClN2O.ClH/c1-11(2,6-14)15-10(16)8-5-7(13)3-4-9(8)12;/h3-5H,6,14H2,1-2H3,(H,15,16);1H. The van der Waals surface area contributed by atoms with Crippen LogP contribution in [0.3, 0.4) is 0 Å². The number of amides is 1. The molecular formula is C11H15BrCl2N2O. The van der Waals surface area contributed by atoms with Crippen molar-refractivity contribution in [2.24, 2.45) is 5.73 Å². The summed E-state index contributed by atoms with van der Waals surface area (Å²) in [6.07, 6.45) is 0. The average Bonchev–Trinajstić information content (AvgIpc) is 2.21. The second-order valence-electron chi connectivity index (χ2n) is 4.17. The minimum absolute atomic E-state index is 0. The van der Waals surface area contributed by atoms with Crippen LogP contribution in [-0.4, -0.2) is 18.0 Å². The van der Waals surface area contributed by atoms with E-state index >= 15 is 0 Å². The highest BCUT2D eigenvalue weighted by Gasteiger charge is 2.20. The summed E-state index contributed by atoms with van der Waals surface area (Å²) in [7, 11) is 0. The molecule has 1 aromatic carbocycles. The lowest BCUT2D eigenvalue weighted by atomic mass is 10.1. The molecule has 3 N–H and O–H groups in total. The Morgan fingerprint density at radius 3 is 2.65 bits per heavy atom. The number of carbonyl (C=O) groups is 1. The zero-order valence-corrected chi connectivity index (χ0v) is 12.7. The molecule has 1 amide bonds. The molecule has 1 aromatic rings. The predicted molar refractivity (Wildman–Crippen MR) is 77.0 cm³/mol. The van der Waals surface area contributed by atoms with E-state index in [4.69, 9.17) is 17.3 Å². The third-order valence-corrected chi connectivity index (χ3v) is 3.06. The lowest BCUT2D eigenvalue weighted by Gasteiger charge is -2.24. The van der Waals surface area contributed by atoms with E-state index in [1.165, 1.54) is 0 Å². The minimum atomic E-state index is -0.432. The van der Waals surface area contributed by atoms with Gasteiger partial charge in [-0.25, -0.2) is 0 Å². The fourth-order valence-electron chi connectivity index (χ4n) is 1.10. The fourth-order valence-corrected chi connectivity index (χ4v) is 1.70. The molecular weight excluding hydrogens is 327 g/mol. The molecule has 0 atom stereocenters. The normalized spacial score (nSPS) is 10.6. The second-order valence-corrected chi connectivity index (χ2v) is 5.46. The molecule has 0 saturated carbocycles. The maximum absolute atomic E-state index is 11.9. The van der Waals surface area contributed by atoms with E-state index in [2.05, 4.69) is 21.2 Å². The molecule has 96 valence electrons. The van der Waals surface area contributed by atoms with Crippen molar-refractivity contribution >= 4 is 45.8 Å². The number of benzene rings is 1. The lowest BCUT2D eigenvalue weighted by molar-refractivity contribution is 0.0915. The Hall–Kier alpha value is -0.290. The van der Waals surface area contributed by atoms with E-state index in [1.807, 2.05) is 13.8 Å². The third kappa shape index (κ3) is 4.84. The lowest BCUT2D eigenvalue weighted by Crippen LogP contribution is -2.48. The molecule has 0 bridgehead atoms. The summed E-state index contributed by atoms with van der Waals surface area (Å²) in [5.41, 5.74) is 5.62. The summed E-state index contributed by atoms with van der Waals surface area (Å²) in [5.74, 6) is -0.190. The smallest absolute Gasteiger partial charge is 0.252 e. The van der Waals surface area contributed by atoms with E-state index in [-0.39, 0.29) is 18.3 Å². The number of hydrogen-bond donors (Lipinski definition) is 2. The molecule has 0 spiro atoms. The molecule has 0 saturated heterocycles. The number of halogens is 3. The van der Waals surface area contributed by atoms with Gasteiger partial charge in [-0.2, -0.15) is 0 Å². The highest BCUT2D eigenvalue weighted by molar-refractivity contribution is 9.10. The molecule has 3 nitrogen and oxygen atoms in total. The number of hydrogen-bond acceptors (Lipinski definition) is 2. The monoisotopic (exact) mass is 340 g/mol. The van der Waals surface area contributed by atoms with Gasteiger partial charge in [0.05, 0.1) is 5.56 Å². The van der Waals surface area contributed by atoms with Crippen LogP contribution in [0.4, 0.5) is 0 Å². The first-order chi connectivity index (χ1) is 7.35. The Kier molecular flexibility index (Phi) is 6.48. The predicted octanol–water partition coefficient (Wildman–Crippen LogP) is 2.99. The van der Waals surface area contributed by atoms with Crippen LogP contribution < -0.4 is 11.1 Å². The van der Waals surface area contributed by atoms with Crippen LogP contribution in [0.2, 0.25) is 5.02 Å². The first-order valence-electron chi connectivity index (χ1n) is 4.83. The second kappa shape index (κ2) is 6.59. The zero-order chi connectivity index (χ0) is 12.3. The first-order valence-corrected chi connectivity index (χ1v) is 6.00. The van der Waals surface area contributed by atoms with Gasteiger partial charge in [0.15, 0.2) is 0 Å². The van der Waals surface area contributed by atoms with Crippen molar-refractivity contribution in [3.05, 3.63) is 33.3 Å². The molecule has 0 fully saturated rings. The molecule has 17 heavy (non-hydrogen) atoms. The van der Waals surface area contributed by atoms with Crippen molar-refractivity contribution in [1.29, 1.82) is 0 Å². The zero-order valence-electron chi connectivity index (χ0n) is 9.59. The Balaban J connectivity index is 0.00000256. The van der Waals surface area contributed by atoms with E-state index in [0.29, 0.717) is 21.6 Å². The quantitative estimate of drug-likeness (QED) is 0.887. The van der Waals surface area contributed by atoms with Gasteiger partial charge in [0.1, 0.15) is 0 Å². The van der Waals surface area contributed by atoms with Crippen LogP contribution in [0, 0.1) is 0 Å². The van der Waals surface area contributed by atoms with E-state index in [0.717, 1.165) is 0 Å². The van der Waals surface area contributed by atoms with Crippen LogP contribution in [0.25, 0.3) is 0 Å². The number of nitrogens with one attached hydrogen (secondary N) is 1. The van der Waals surface area contributed by atoms with E-state index in [9.17, 15) is 4.79 Å². The van der Waals surface area contributed by atoms with Gasteiger partial charge < -0.3 is 11.1 Å². The fraction of sp³-hybridized carbons (Fsp3) is 0.364. The minimum Gasteiger partial charge on any atom is -0.346 e. The molecule has 0 heterocycles. The summed E-state index contributed by atoms with van der Waals surface area (Å²) >= 11 is 9.15. The maximum Gasteiger partial charge on any atom is 0.252 e. The molecule has 0 aliphatic rings. The topological polar surface area (TPSA) is 55.1 Å². The van der Waals surface area contributed by atoms with Gasteiger partial charge in [-0.05, 0) is 48.0 Å². The molecule has 0 radical (unpaired) electrons. The van der Waals surface area contributed by atoms with Crippen molar-refractivity contribution in [3.63, 3.8) is 0 Å². The van der Waals surface area contributed by atoms with Gasteiger partial charge in [-0.3, -0.25) is 4.79 Å². The summed E-state index contributed by atoms with van der Waals surface area (Å²) < 4.78 is 0.710. The summed E-state index contributed by atoms with van der Waals surface area (Å²) in [6, 6.07) is 5.08. The van der Waals surface area contributed by atoms with Gasteiger partial charge in [0.2, 0.25) is 0 Å². The first kappa shape index (κ1) is 16.7. The SMILES string of the molecule is CC(C)(CN)NC(=O)c1cc(Cl)ccc1Br.Cl. The Labute approximate surface area is 121 Å². The van der Waals surface area contributed by atoms with E-state index < -0.39 is 5.54 Å². The Morgan fingerprint density at radius 1 is 1.53 bits per heavy atom. The average molecular weight is 342 g/mol. The van der Waals surface area contributed by atoms with Gasteiger partial charge in [0.25, 0.3) is 5.91 Å². The molecule has 0 unspecified atom stereocenters. The van der Waals surface area contributed by atoms with E-state index in [1.54, 1.807) is 18.2 Å². The van der Waals surface area contributed by atoms with Crippen molar-refractivity contribution in [3.8, 4) is 0 Å². The summed E-state index contributed by atoms with van der Waals surface area (Å²) in [4.78, 5) is 11.9. The largest absolute Gasteiger partial charge is 0.346 e. The van der Waals surface area contributed by atoms with Crippen molar-refractivity contribution in [2.75, 3.05) is 6.54 Å². The van der Waals surface area contributed by atoms with Crippen LogP contribution >= 0.6 is 39.9 Å². The molecule has 1 rings (SSSR count). The van der Waals surface area contributed by atoms with Crippen LogP contribution in [0.1, 0.15) is 24.2 Å². The van der Waals surface area contributed by atoms with Gasteiger partial charge in [-0.1, -0.05) is 11.6 Å². The highest BCUT2D eigenvalue weighted by atomic mass is 79.9. The third-order valence-electron chi connectivity index (χ3n) is 2.14. The van der Waals surface area contributed by atoms with Crippen molar-refractivity contribution in [1.82, 2.24) is 5.32 Å². The van der Waals surface area contributed by atoms with Gasteiger partial charge in [-0.15, -0.1) is 12.4 Å².